The third-order valence-corrected chi connectivity index (χ3v) is 3.40. The number of hydrazone groups is 1. The fourth-order valence-corrected chi connectivity index (χ4v) is 2.42. The van der Waals surface area contributed by atoms with E-state index in [-0.39, 0.29) is 12.7 Å². The quantitative estimate of drug-likeness (QED) is 0.697. The van der Waals surface area contributed by atoms with Crippen LogP contribution in [0.3, 0.4) is 0 Å². The maximum Gasteiger partial charge on any atom is 0.274 e. The zero-order valence-electron chi connectivity index (χ0n) is 12.0. The molecule has 0 radical (unpaired) electrons. The summed E-state index contributed by atoms with van der Waals surface area (Å²) in [5.74, 6) is 1.97. The van der Waals surface area contributed by atoms with E-state index in [9.17, 15) is 4.79 Å². The van der Waals surface area contributed by atoms with Crippen LogP contribution in [0.25, 0.3) is 0 Å². The molecule has 0 aliphatic carbocycles. The Morgan fingerprint density at radius 2 is 2.14 bits per heavy atom. The van der Waals surface area contributed by atoms with Crippen molar-refractivity contribution in [2.75, 3.05) is 6.79 Å². The molecule has 7 heteroatoms. The molecule has 0 bridgehead atoms. The Bertz CT molecular complexity index is 767. The minimum Gasteiger partial charge on any atom is -0.466 e. The van der Waals surface area contributed by atoms with Crippen LogP contribution in [0.1, 0.15) is 27.4 Å². The minimum absolute atomic E-state index is 0.144. The molecule has 3 rings (SSSR count). The second-order valence-electron chi connectivity index (χ2n) is 4.76. The number of benzene rings is 1. The average molecular weight is 321 g/mol. The summed E-state index contributed by atoms with van der Waals surface area (Å²) < 4.78 is 15.8. The highest BCUT2D eigenvalue weighted by Gasteiger charge is 2.18. The molecule has 1 amide bonds. The van der Waals surface area contributed by atoms with E-state index in [2.05, 4.69) is 10.5 Å². The SMILES string of the molecule is Cc1cc(C(=O)N/N=C\c2cc(Cl)c3c(c2)OCO3)c(C)o1. The lowest BCUT2D eigenvalue weighted by atomic mass is 10.2. The standard InChI is InChI=1S/C15H13ClN2O4/c1-8-3-11(9(2)22-8)15(19)18-17-6-10-4-12(16)14-13(5-10)20-7-21-14/h3-6H,7H2,1-2H3,(H,18,19)/b17-6-. The predicted octanol–water partition coefficient (Wildman–Crippen LogP) is 3.04. The zero-order valence-corrected chi connectivity index (χ0v) is 12.7. The molecule has 1 aliphatic rings. The van der Waals surface area contributed by atoms with Crippen molar-refractivity contribution >= 4 is 23.7 Å². The van der Waals surface area contributed by atoms with Crippen LogP contribution in [0.15, 0.2) is 27.7 Å². The Labute approximate surface area is 131 Å². The Morgan fingerprint density at radius 3 is 2.86 bits per heavy atom. The van der Waals surface area contributed by atoms with Gasteiger partial charge in [-0.05, 0) is 37.6 Å². The number of aryl methyl sites for hydroxylation is 2. The van der Waals surface area contributed by atoms with Crippen molar-refractivity contribution < 1.29 is 18.7 Å². The molecule has 0 atom stereocenters. The highest BCUT2D eigenvalue weighted by molar-refractivity contribution is 6.32. The fraction of sp³-hybridized carbons (Fsp3) is 0.200. The number of fused-ring (bicyclic) bond motifs is 1. The van der Waals surface area contributed by atoms with Gasteiger partial charge in [-0.25, -0.2) is 5.43 Å². The summed E-state index contributed by atoms with van der Waals surface area (Å²) in [7, 11) is 0. The van der Waals surface area contributed by atoms with Gasteiger partial charge in [0.1, 0.15) is 11.5 Å². The van der Waals surface area contributed by atoms with Crippen LogP contribution in [-0.2, 0) is 0 Å². The molecule has 1 aliphatic heterocycles. The molecular weight excluding hydrogens is 308 g/mol. The molecule has 6 nitrogen and oxygen atoms in total. The van der Waals surface area contributed by atoms with Gasteiger partial charge in [-0.15, -0.1) is 0 Å². The van der Waals surface area contributed by atoms with Crippen molar-refractivity contribution in [3.8, 4) is 11.5 Å². The first-order valence-electron chi connectivity index (χ1n) is 6.54. The van der Waals surface area contributed by atoms with E-state index in [0.29, 0.717) is 39.2 Å². The van der Waals surface area contributed by atoms with E-state index >= 15 is 0 Å². The highest BCUT2D eigenvalue weighted by Crippen LogP contribution is 2.39. The molecule has 0 fully saturated rings. The number of nitrogens with one attached hydrogen (secondary N) is 1. The van der Waals surface area contributed by atoms with E-state index in [0.717, 1.165) is 0 Å². The molecule has 2 heterocycles. The molecule has 22 heavy (non-hydrogen) atoms. The van der Waals surface area contributed by atoms with Crippen molar-refractivity contribution in [1.29, 1.82) is 0 Å². The number of rotatable bonds is 3. The zero-order chi connectivity index (χ0) is 15.7. The number of amides is 1. The Kier molecular flexibility index (Phi) is 3.77. The van der Waals surface area contributed by atoms with Crippen LogP contribution in [0.4, 0.5) is 0 Å². The lowest BCUT2D eigenvalue weighted by Crippen LogP contribution is -2.17. The maximum absolute atomic E-state index is 12.0. The first-order valence-corrected chi connectivity index (χ1v) is 6.92. The van der Waals surface area contributed by atoms with E-state index in [1.165, 1.54) is 6.21 Å². The molecule has 114 valence electrons. The van der Waals surface area contributed by atoms with Gasteiger partial charge < -0.3 is 13.9 Å². The van der Waals surface area contributed by atoms with Gasteiger partial charge in [-0.2, -0.15) is 5.10 Å². The third kappa shape index (κ3) is 2.78. The van der Waals surface area contributed by atoms with Crippen LogP contribution < -0.4 is 14.9 Å². The molecule has 1 N–H and O–H groups in total. The van der Waals surface area contributed by atoms with E-state index in [1.54, 1.807) is 32.0 Å². The van der Waals surface area contributed by atoms with Crippen molar-refractivity contribution in [2.45, 2.75) is 13.8 Å². The lowest BCUT2D eigenvalue weighted by Gasteiger charge is -2.01. The van der Waals surface area contributed by atoms with Crippen molar-refractivity contribution in [2.24, 2.45) is 5.10 Å². The van der Waals surface area contributed by atoms with Crippen LogP contribution in [-0.4, -0.2) is 18.9 Å². The summed E-state index contributed by atoms with van der Waals surface area (Å²) >= 11 is 6.07. The average Bonchev–Trinajstić information content (AvgIpc) is 3.05. The monoisotopic (exact) mass is 320 g/mol. The number of carbonyl (C=O) groups is 1. The summed E-state index contributed by atoms with van der Waals surface area (Å²) in [4.78, 5) is 12.0. The van der Waals surface area contributed by atoms with E-state index in [1.807, 2.05) is 0 Å². The summed E-state index contributed by atoms with van der Waals surface area (Å²) in [5, 5.41) is 4.35. The molecule has 2 aromatic rings. The summed E-state index contributed by atoms with van der Waals surface area (Å²) in [6, 6.07) is 5.08. The Morgan fingerprint density at radius 1 is 1.32 bits per heavy atom. The minimum atomic E-state index is -0.336. The third-order valence-electron chi connectivity index (χ3n) is 3.11. The molecule has 0 spiro atoms. The topological polar surface area (TPSA) is 73.1 Å². The van der Waals surface area contributed by atoms with Gasteiger partial charge in [0, 0.05) is 0 Å². The Hall–Kier alpha value is -2.47. The van der Waals surface area contributed by atoms with Gasteiger partial charge in [0.15, 0.2) is 11.5 Å². The van der Waals surface area contributed by atoms with Gasteiger partial charge in [0.25, 0.3) is 5.91 Å². The molecule has 0 saturated carbocycles. The van der Waals surface area contributed by atoms with Crippen LogP contribution in [0, 0.1) is 13.8 Å². The molecule has 1 aromatic carbocycles. The molecule has 0 saturated heterocycles. The first-order chi connectivity index (χ1) is 10.5. The maximum atomic E-state index is 12.0. The van der Waals surface area contributed by atoms with Crippen LogP contribution >= 0.6 is 11.6 Å². The lowest BCUT2D eigenvalue weighted by molar-refractivity contribution is 0.0953. The first kappa shape index (κ1) is 14.5. The summed E-state index contributed by atoms with van der Waals surface area (Å²) in [6.07, 6.45) is 1.48. The number of hydrogen-bond donors (Lipinski definition) is 1. The number of ether oxygens (including phenoxy) is 2. The van der Waals surface area contributed by atoms with Gasteiger partial charge in [-0.1, -0.05) is 11.6 Å². The second-order valence-corrected chi connectivity index (χ2v) is 5.17. The van der Waals surface area contributed by atoms with Crippen molar-refractivity contribution in [1.82, 2.24) is 5.43 Å². The van der Waals surface area contributed by atoms with Gasteiger partial charge in [0.2, 0.25) is 6.79 Å². The molecule has 1 aromatic heterocycles. The number of nitrogens with zero attached hydrogens (tertiary/aromatic N) is 1. The molecule has 0 unspecified atom stereocenters. The van der Waals surface area contributed by atoms with Crippen LogP contribution in [0.5, 0.6) is 11.5 Å². The second kappa shape index (κ2) is 5.73. The van der Waals surface area contributed by atoms with Crippen LogP contribution in [0.2, 0.25) is 5.02 Å². The Balaban J connectivity index is 1.71. The number of hydrogen-bond acceptors (Lipinski definition) is 5. The number of halogens is 1. The van der Waals surface area contributed by atoms with Gasteiger partial charge in [-0.3, -0.25) is 4.79 Å². The van der Waals surface area contributed by atoms with Crippen molar-refractivity contribution in [3.05, 3.63) is 45.9 Å². The summed E-state index contributed by atoms with van der Waals surface area (Å²) in [5.41, 5.74) is 3.59. The number of furan rings is 1. The highest BCUT2D eigenvalue weighted by atomic mass is 35.5. The largest absolute Gasteiger partial charge is 0.466 e. The van der Waals surface area contributed by atoms with E-state index < -0.39 is 0 Å². The van der Waals surface area contributed by atoms with Crippen molar-refractivity contribution in [3.63, 3.8) is 0 Å². The summed E-state index contributed by atoms with van der Waals surface area (Å²) in [6.45, 7) is 3.65. The smallest absolute Gasteiger partial charge is 0.274 e. The fourth-order valence-electron chi connectivity index (χ4n) is 2.14. The van der Waals surface area contributed by atoms with Gasteiger partial charge in [0.05, 0.1) is 16.8 Å². The normalized spacial score (nSPS) is 12.9. The molecular formula is C15H13ClN2O4. The number of carbonyl (C=O) groups excluding carboxylic acids is 1. The van der Waals surface area contributed by atoms with E-state index in [4.69, 9.17) is 25.5 Å². The predicted molar refractivity (Wildman–Crippen MR) is 80.8 cm³/mol. The van der Waals surface area contributed by atoms with Gasteiger partial charge >= 0.3 is 0 Å².